The first-order chi connectivity index (χ1) is 12.7. The lowest BCUT2D eigenvalue weighted by Gasteiger charge is -2.13. The Labute approximate surface area is 164 Å². The average Bonchev–Trinajstić information content (AvgIpc) is 2.66. The number of para-hydroxylation sites is 1. The topological polar surface area (TPSA) is 21.3 Å². The maximum atomic E-state index is 6.22. The Balaban J connectivity index is 1.54. The summed E-state index contributed by atoms with van der Waals surface area (Å²) in [7, 11) is 0. The van der Waals surface area contributed by atoms with Gasteiger partial charge in [0.1, 0.15) is 12.4 Å². The third kappa shape index (κ3) is 5.50. The van der Waals surface area contributed by atoms with Crippen LogP contribution in [-0.4, -0.2) is 6.54 Å². The van der Waals surface area contributed by atoms with E-state index in [0.29, 0.717) is 16.7 Å². The average molecular weight is 386 g/mol. The van der Waals surface area contributed by atoms with Crippen molar-refractivity contribution in [3.63, 3.8) is 0 Å². The van der Waals surface area contributed by atoms with Crippen molar-refractivity contribution in [2.24, 2.45) is 0 Å². The molecule has 2 nitrogen and oxygen atoms in total. The van der Waals surface area contributed by atoms with E-state index in [0.717, 1.165) is 36.4 Å². The van der Waals surface area contributed by atoms with Crippen LogP contribution in [0.5, 0.6) is 5.75 Å². The van der Waals surface area contributed by atoms with Gasteiger partial charge in [0.05, 0.1) is 0 Å². The van der Waals surface area contributed by atoms with Gasteiger partial charge in [-0.2, -0.15) is 0 Å². The fourth-order valence-electron chi connectivity index (χ4n) is 2.69. The monoisotopic (exact) mass is 385 g/mol. The Bertz CT molecular complexity index is 837. The summed E-state index contributed by atoms with van der Waals surface area (Å²) in [5.74, 6) is 0.866. The fourth-order valence-corrected chi connectivity index (χ4v) is 3.15. The van der Waals surface area contributed by atoms with Gasteiger partial charge < -0.3 is 10.1 Å². The highest BCUT2D eigenvalue weighted by Crippen LogP contribution is 2.24. The molecule has 4 heteroatoms. The van der Waals surface area contributed by atoms with Crippen LogP contribution >= 0.6 is 23.2 Å². The molecule has 0 aliphatic heterocycles. The van der Waals surface area contributed by atoms with Gasteiger partial charge in [-0.3, -0.25) is 0 Å². The molecular formula is C22H21Cl2NO. The highest BCUT2D eigenvalue weighted by molar-refractivity contribution is 6.35. The van der Waals surface area contributed by atoms with Crippen molar-refractivity contribution in [1.82, 2.24) is 5.32 Å². The first kappa shape index (κ1) is 18.8. The highest BCUT2D eigenvalue weighted by atomic mass is 35.5. The minimum atomic E-state index is 0.414. The van der Waals surface area contributed by atoms with E-state index >= 15 is 0 Å². The summed E-state index contributed by atoms with van der Waals surface area (Å²) in [5.41, 5.74) is 3.38. The minimum absolute atomic E-state index is 0.414. The summed E-state index contributed by atoms with van der Waals surface area (Å²) in [6.45, 7) is 2.09. The van der Waals surface area contributed by atoms with Gasteiger partial charge in [-0.1, -0.05) is 77.8 Å². The molecule has 3 rings (SSSR count). The molecule has 26 heavy (non-hydrogen) atoms. The third-order valence-corrected chi connectivity index (χ3v) is 4.71. The minimum Gasteiger partial charge on any atom is -0.489 e. The lowest BCUT2D eigenvalue weighted by molar-refractivity contribution is 0.302. The predicted octanol–water partition coefficient (Wildman–Crippen LogP) is 5.90. The second kappa shape index (κ2) is 9.63. The number of ether oxygens (including phenoxy) is 1. The highest BCUT2D eigenvalue weighted by Gasteiger charge is 2.06. The Hall–Kier alpha value is -2.00. The Kier molecular flexibility index (Phi) is 6.96. The van der Waals surface area contributed by atoms with Gasteiger partial charge in [0.15, 0.2) is 0 Å². The summed E-state index contributed by atoms with van der Waals surface area (Å²) in [5, 5.41) is 4.73. The molecular weight excluding hydrogens is 365 g/mol. The van der Waals surface area contributed by atoms with Crippen LogP contribution < -0.4 is 10.1 Å². The van der Waals surface area contributed by atoms with E-state index in [1.165, 1.54) is 5.56 Å². The van der Waals surface area contributed by atoms with Gasteiger partial charge in [0.2, 0.25) is 0 Å². The summed E-state index contributed by atoms with van der Waals surface area (Å²) in [4.78, 5) is 0. The van der Waals surface area contributed by atoms with Crippen LogP contribution in [0.1, 0.15) is 16.7 Å². The van der Waals surface area contributed by atoms with Gasteiger partial charge in [0.25, 0.3) is 0 Å². The first-order valence-corrected chi connectivity index (χ1v) is 9.37. The third-order valence-electron chi connectivity index (χ3n) is 4.12. The van der Waals surface area contributed by atoms with Gasteiger partial charge in [-0.25, -0.2) is 0 Å². The molecule has 0 saturated carbocycles. The SMILES string of the molecule is Clc1ccc(COc2ccccc2CNCCc2ccccc2)c(Cl)c1. The molecule has 1 N–H and O–H groups in total. The van der Waals surface area contributed by atoms with Crippen LogP contribution in [0.25, 0.3) is 0 Å². The van der Waals surface area contributed by atoms with E-state index in [-0.39, 0.29) is 0 Å². The molecule has 134 valence electrons. The van der Waals surface area contributed by atoms with Crippen LogP contribution in [0.15, 0.2) is 72.8 Å². The van der Waals surface area contributed by atoms with Gasteiger partial charge >= 0.3 is 0 Å². The smallest absolute Gasteiger partial charge is 0.124 e. The standard InChI is InChI=1S/C22H21Cl2NO/c23-20-11-10-19(21(24)14-20)16-26-22-9-5-4-8-18(22)15-25-13-12-17-6-2-1-3-7-17/h1-11,14,25H,12-13,15-16H2. The lowest BCUT2D eigenvalue weighted by Crippen LogP contribution is -2.17. The quantitative estimate of drug-likeness (QED) is 0.487. The molecule has 0 amide bonds. The Morgan fingerprint density at radius 2 is 1.58 bits per heavy atom. The maximum absolute atomic E-state index is 6.22. The number of rotatable bonds is 8. The first-order valence-electron chi connectivity index (χ1n) is 8.61. The zero-order valence-corrected chi connectivity index (χ0v) is 15.9. The second-order valence-electron chi connectivity index (χ2n) is 6.04. The fraction of sp³-hybridized carbons (Fsp3) is 0.182. The summed E-state index contributed by atoms with van der Waals surface area (Å²) >= 11 is 12.2. The number of nitrogens with one attached hydrogen (secondary N) is 1. The normalized spacial score (nSPS) is 10.7. The zero-order valence-electron chi connectivity index (χ0n) is 14.4. The molecule has 0 heterocycles. The van der Waals surface area contributed by atoms with Crippen molar-refractivity contribution >= 4 is 23.2 Å². The predicted molar refractivity (Wildman–Crippen MR) is 109 cm³/mol. The van der Waals surface area contributed by atoms with Crippen molar-refractivity contribution < 1.29 is 4.74 Å². The molecule has 0 spiro atoms. The van der Waals surface area contributed by atoms with E-state index in [2.05, 4.69) is 35.6 Å². The largest absolute Gasteiger partial charge is 0.489 e. The molecule has 0 bridgehead atoms. The van der Waals surface area contributed by atoms with Crippen LogP contribution in [-0.2, 0) is 19.6 Å². The lowest BCUT2D eigenvalue weighted by atomic mass is 10.1. The number of hydrogen-bond acceptors (Lipinski definition) is 2. The Morgan fingerprint density at radius 3 is 2.38 bits per heavy atom. The van der Waals surface area contributed by atoms with Crippen molar-refractivity contribution in [3.8, 4) is 5.75 Å². The van der Waals surface area contributed by atoms with E-state index in [1.807, 2.05) is 36.4 Å². The van der Waals surface area contributed by atoms with Gasteiger partial charge in [-0.15, -0.1) is 0 Å². The van der Waals surface area contributed by atoms with E-state index in [4.69, 9.17) is 27.9 Å². The molecule has 0 aliphatic rings. The van der Waals surface area contributed by atoms with Crippen molar-refractivity contribution in [1.29, 1.82) is 0 Å². The second-order valence-corrected chi connectivity index (χ2v) is 6.89. The zero-order chi connectivity index (χ0) is 18.2. The molecule has 0 saturated heterocycles. The molecule has 0 aliphatic carbocycles. The molecule has 0 unspecified atom stereocenters. The van der Waals surface area contributed by atoms with Crippen LogP contribution in [0.4, 0.5) is 0 Å². The Morgan fingerprint density at radius 1 is 0.808 bits per heavy atom. The molecule has 0 atom stereocenters. The van der Waals surface area contributed by atoms with Crippen molar-refractivity contribution in [2.75, 3.05) is 6.54 Å². The molecule has 3 aromatic rings. The van der Waals surface area contributed by atoms with E-state index < -0.39 is 0 Å². The number of benzene rings is 3. The van der Waals surface area contributed by atoms with E-state index in [1.54, 1.807) is 6.07 Å². The molecule has 3 aromatic carbocycles. The van der Waals surface area contributed by atoms with Gasteiger partial charge in [-0.05, 0) is 36.7 Å². The number of halogens is 2. The number of hydrogen-bond donors (Lipinski definition) is 1. The van der Waals surface area contributed by atoms with Gasteiger partial charge in [0, 0.05) is 27.7 Å². The van der Waals surface area contributed by atoms with Crippen LogP contribution in [0.3, 0.4) is 0 Å². The molecule has 0 aromatic heterocycles. The molecule has 0 fully saturated rings. The van der Waals surface area contributed by atoms with Crippen molar-refractivity contribution in [3.05, 3.63) is 99.5 Å². The van der Waals surface area contributed by atoms with Crippen molar-refractivity contribution in [2.45, 2.75) is 19.6 Å². The summed E-state index contributed by atoms with van der Waals surface area (Å²) in [6.07, 6.45) is 1.00. The maximum Gasteiger partial charge on any atom is 0.124 e. The summed E-state index contributed by atoms with van der Waals surface area (Å²) < 4.78 is 5.99. The molecule has 0 radical (unpaired) electrons. The van der Waals surface area contributed by atoms with Crippen LogP contribution in [0.2, 0.25) is 10.0 Å². The van der Waals surface area contributed by atoms with E-state index in [9.17, 15) is 0 Å². The van der Waals surface area contributed by atoms with Crippen LogP contribution in [0, 0.1) is 0 Å². The summed E-state index contributed by atoms with van der Waals surface area (Å²) in [6, 6.07) is 24.0.